The predicted molar refractivity (Wildman–Crippen MR) is 136 cm³/mol. The van der Waals surface area contributed by atoms with Crippen molar-refractivity contribution < 1.29 is 28.2 Å². The lowest BCUT2D eigenvalue weighted by molar-refractivity contribution is -0.122. The lowest BCUT2D eigenvalue weighted by atomic mass is 10.1. The fourth-order valence-electron chi connectivity index (χ4n) is 3.54. The molecule has 36 heavy (non-hydrogen) atoms. The van der Waals surface area contributed by atoms with Crippen LogP contribution in [-0.4, -0.2) is 31.7 Å². The summed E-state index contributed by atoms with van der Waals surface area (Å²) in [6.07, 6.45) is -1.03. The zero-order valence-electron chi connectivity index (χ0n) is 20.1. The highest BCUT2D eigenvalue weighted by atomic mass is 16.5. The molecule has 0 saturated heterocycles. The third kappa shape index (κ3) is 5.22. The molecule has 0 bridgehead atoms. The van der Waals surface area contributed by atoms with E-state index in [4.69, 9.17) is 18.6 Å². The van der Waals surface area contributed by atoms with Gasteiger partial charge in [0.2, 0.25) is 11.2 Å². The Morgan fingerprint density at radius 3 is 2.33 bits per heavy atom. The van der Waals surface area contributed by atoms with Crippen molar-refractivity contribution in [2.24, 2.45) is 0 Å². The van der Waals surface area contributed by atoms with Crippen LogP contribution >= 0.6 is 0 Å². The molecule has 0 saturated carbocycles. The van der Waals surface area contributed by atoms with Gasteiger partial charge in [0.25, 0.3) is 5.91 Å². The first-order valence-electron chi connectivity index (χ1n) is 11.4. The van der Waals surface area contributed by atoms with Gasteiger partial charge in [0, 0.05) is 11.3 Å². The van der Waals surface area contributed by atoms with Crippen LogP contribution in [0.2, 0.25) is 0 Å². The van der Waals surface area contributed by atoms with Gasteiger partial charge in [-0.3, -0.25) is 9.59 Å². The van der Waals surface area contributed by atoms with Crippen LogP contribution in [0.15, 0.2) is 82.0 Å². The number of benzene rings is 3. The number of rotatable bonds is 8. The van der Waals surface area contributed by atoms with Crippen LogP contribution in [0, 0.1) is 0 Å². The molecule has 3 aromatic carbocycles. The summed E-state index contributed by atoms with van der Waals surface area (Å²) in [5.41, 5.74) is 1.44. The fraction of sp³-hybridized carbons (Fsp3) is 0.179. The molecule has 0 fully saturated rings. The number of ether oxygens (including phenoxy) is 3. The molecule has 1 N–H and O–H groups in total. The van der Waals surface area contributed by atoms with E-state index in [2.05, 4.69) is 5.32 Å². The molecule has 1 amide bonds. The summed E-state index contributed by atoms with van der Waals surface area (Å²) in [6, 6.07) is 20.1. The van der Waals surface area contributed by atoms with Gasteiger partial charge in [-0.25, -0.2) is 4.79 Å². The van der Waals surface area contributed by atoms with Gasteiger partial charge in [-0.1, -0.05) is 12.1 Å². The second-order valence-electron chi connectivity index (χ2n) is 7.86. The Kier molecular flexibility index (Phi) is 7.34. The third-order valence-corrected chi connectivity index (χ3v) is 5.44. The zero-order valence-corrected chi connectivity index (χ0v) is 20.1. The molecule has 4 rings (SSSR count). The van der Waals surface area contributed by atoms with Crippen LogP contribution in [0.25, 0.3) is 22.3 Å². The quantitative estimate of drug-likeness (QED) is 0.347. The largest absolute Gasteiger partial charge is 0.497 e. The summed E-state index contributed by atoms with van der Waals surface area (Å²) in [4.78, 5) is 38.0. The second kappa shape index (κ2) is 10.8. The molecule has 8 heteroatoms. The summed E-state index contributed by atoms with van der Waals surface area (Å²) in [5, 5.41) is 3.07. The maximum Gasteiger partial charge on any atom is 0.338 e. The van der Waals surface area contributed by atoms with Gasteiger partial charge in [-0.2, -0.15) is 0 Å². The standard InChI is InChI=1S/C28H25NO7/c1-4-34-28(32)19-9-13-20(14-10-19)29-27(31)17(2)35-26-24(30)22-7-5-6-8-23(22)36-25(26)18-11-15-21(33-3)16-12-18/h5-17H,4H2,1-3H3,(H,29,31). The van der Waals surface area contributed by atoms with E-state index in [1.54, 1.807) is 86.8 Å². The Morgan fingerprint density at radius 2 is 1.67 bits per heavy atom. The van der Waals surface area contributed by atoms with Gasteiger partial charge in [-0.05, 0) is 74.5 Å². The van der Waals surface area contributed by atoms with Gasteiger partial charge in [-0.15, -0.1) is 0 Å². The fourth-order valence-corrected chi connectivity index (χ4v) is 3.54. The van der Waals surface area contributed by atoms with Crippen molar-refractivity contribution in [3.8, 4) is 22.8 Å². The summed E-state index contributed by atoms with van der Waals surface area (Å²) in [7, 11) is 1.56. The molecule has 1 atom stereocenters. The predicted octanol–water partition coefficient (Wildman–Crippen LogP) is 5.05. The summed E-state index contributed by atoms with van der Waals surface area (Å²) < 4.78 is 22.1. The van der Waals surface area contributed by atoms with Crippen molar-refractivity contribution >= 4 is 28.5 Å². The van der Waals surface area contributed by atoms with Gasteiger partial charge in [0.05, 0.1) is 24.7 Å². The molecule has 8 nitrogen and oxygen atoms in total. The molecule has 1 heterocycles. The molecule has 0 aliphatic carbocycles. The topological polar surface area (TPSA) is 104 Å². The molecule has 1 unspecified atom stereocenters. The van der Waals surface area contributed by atoms with E-state index < -0.39 is 18.0 Å². The number of esters is 1. The Labute approximate surface area is 207 Å². The molecule has 0 radical (unpaired) electrons. The van der Waals surface area contributed by atoms with Crippen LogP contribution in [0.4, 0.5) is 5.69 Å². The first-order valence-corrected chi connectivity index (χ1v) is 11.4. The molecular weight excluding hydrogens is 462 g/mol. The minimum atomic E-state index is -1.03. The highest BCUT2D eigenvalue weighted by Gasteiger charge is 2.23. The Bertz CT molecular complexity index is 1440. The lowest BCUT2D eigenvalue weighted by Crippen LogP contribution is -2.31. The van der Waals surface area contributed by atoms with Crippen LogP contribution in [-0.2, 0) is 9.53 Å². The van der Waals surface area contributed by atoms with Crippen molar-refractivity contribution in [3.63, 3.8) is 0 Å². The average molecular weight is 488 g/mol. The van der Waals surface area contributed by atoms with E-state index in [-0.39, 0.29) is 23.5 Å². The van der Waals surface area contributed by atoms with Gasteiger partial charge in [0.15, 0.2) is 11.9 Å². The summed E-state index contributed by atoms with van der Waals surface area (Å²) in [5.74, 6) is -0.140. The highest BCUT2D eigenvalue weighted by Crippen LogP contribution is 2.32. The van der Waals surface area contributed by atoms with Crippen molar-refractivity contribution in [1.82, 2.24) is 0 Å². The monoisotopic (exact) mass is 487 g/mol. The molecule has 4 aromatic rings. The van der Waals surface area contributed by atoms with E-state index in [0.29, 0.717) is 33.5 Å². The van der Waals surface area contributed by atoms with Crippen LogP contribution in [0.1, 0.15) is 24.2 Å². The maximum absolute atomic E-state index is 13.3. The van der Waals surface area contributed by atoms with Crippen molar-refractivity contribution in [2.45, 2.75) is 20.0 Å². The number of anilines is 1. The van der Waals surface area contributed by atoms with Crippen LogP contribution < -0.4 is 20.2 Å². The SMILES string of the molecule is CCOC(=O)c1ccc(NC(=O)C(C)Oc2c(-c3ccc(OC)cc3)oc3ccccc3c2=O)cc1. The number of fused-ring (bicyclic) bond motifs is 1. The number of carbonyl (C=O) groups excluding carboxylic acids is 2. The van der Waals surface area contributed by atoms with Gasteiger partial charge in [0.1, 0.15) is 11.3 Å². The van der Waals surface area contributed by atoms with E-state index in [9.17, 15) is 14.4 Å². The molecule has 0 aliphatic heterocycles. The van der Waals surface area contributed by atoms with Crippen LogP contribution in [0.5, 0.6) is 11.5 Å². The Morgan fingerprint density at radius 1 is 0.972 bits per heavy atom. The molecular formula is C28H25NO7. The Balaban J connectivity index is 1.61. The third-order valence-electron chi connectivity index (χ3n) is 5.44. The van der Waals surface area contributed by atoms with Crippen LogP contribution in [0.3, 0.4) is 0 Å². The van der Waals surface area contributed by atoms with Crippen molar-refractivity contribution in [2.75, 3.05) is 19.0 Å². The van der Waals surface area contributed by atoms with E-state index in [0.717, 1.165) is 0 Å². The average Bonchev–Trinajstić information content (AvgIpc) is 2.90. The number of amides is 1. The van der Waals surface area contributed by atoms with E-state index in [1.807, 2.05) is 0 Å². The number of methoxy groups -OCH3 is 1. The first-order chi connectivity index (χ1) is 17.4. The molecule has 0 aliphatic rings. The molecule has 184 valence electrons. The van der Waals surface area contributed by atoms with E-state index >= 15 is 0 Å². The van der Waals surface area contributed by atoms with Gasteiger partial charge < -0.3 is 23.9 Å². The lowest BCUT2D eigenvalue weighted by Gasteiger charge is -2.17. The number of para-hydroxylation sites is 1. The Hall–Kier alpha value is -4.59. The number of hydrogen-bond donors (Lipinski definition) is 1. The number of nitrogens with one attached hydrogen (secondary N) is 1. The van der Waals surface area contributed by atoms with Crippen molar-refractivity contribution in [3.05, 3.63) is 88.6 Å². The number of carbonyl (C=O) groups is 2. The molecule has 0 spiro atoms. The van der Waals surface area contributed by atoms with Crippen molar-refractivity contribution in [1.29, 1.82) is 0 Å². The summed E-state index contributed by atoms with van der Waals surface area (Å²) >= 11 is 0. The zero-order chi connectivity index (χ0) is 25.7. The second-order valence-corrected chi connectivity index (χ2v) is 7.86. The highest BCUT2D eigenvalue weighted by molar-refractivity contribution is 5.95. The van der Waals surface area contributed by atoms with Gasteiger partial charge >= 0.3 is 5.97 Å². The minimum absolute atomic E-state index is 0.0702. The summed E-state index contributed by atoms with van der Waals surface area (Å²) in [6.45, 7) is 3.53. The smallest absolute Gasteiger partial charge is 0.338 e. The molecule has 1 aromatic heterocycles. The van der Waals surface area contributed by atoms with E-state index in [1.165, 1.54) is 6.92 Å². The normalized spacial score (nSPS) is 11.5. The first kappa shape index (κ1) is 24.5. The maximum atomic E-state index is 13.3. The minimum Gasteiger partial charge on any atom is -0.497 e. The number of hydrogen-bond acceptors (Lipinski definition) is 7.